The van der Waals surface area contributed by atoms with Crippen molar-refractivity contribution in [3.63, 3.8) is 0 Å². The third kappa shape index (κ3) is 5.85. The van der Waals surface area contributed by atoms with E-state index in [9.17, 15) is 4.91 Å². The van der Waals surface area contributed by atoms with Crippen LogP contribution in [0.25, 0.3) is 0 Å². The van der Waals surface area contributed by atoms with Gasteiger partial charge in [-0.2, -0.15) is 4.91 Å². The number of nitrogens with one attached hydrogen (secondary N) is 1. The summed E-state index contributed by atoms with van der Waals surface area (Å²) < 4.78 is 5.73. The smallest absolute Gasteiger partial charge is 0.119 e. The Balaban J connectivity index is 1.82. The molecular weight excluding hydrogens is 290 g/mol. The predicted octanol–water partition coefficient (Wildman–Crippen LogP) is 4.67. The van der Waals surface area contributed by atoms with Gasteiger partial charge in [-0.15, -0.1) is 0 Å². The highest BCUT2D eigenvalue weighted by Gasteiger charge is 2.20. The third-order valence-electron chi connectivity index (χ3n) is 3.61. The lowest BCUT2D eigenvalue weighted by Crippen LogP contribution is -2.10. The van der Waals surface area contributed by atoms with Gasteiger partial charge in [0.25, 0.3) is 0 Å². The Kier molecular flexibility index (Phi) is 5.90. The van der Waals surface area contributed by atoms with Gasteiger partial charge in [0.05, 0.1) is 12.9 Å². The standard InChI is InChI=1S/C18H25N3O2/c1-18(2,3)11-17(21-22)14-6-8-16(9-7-14)23-10-4-5-15-12-19-13-20-15/h6-9,12-13,17H,4-5,10-11H2,1-3H3,(H,19,20). The molecular formula is C18H25N3O2. The zero-order chi connectivity index (χ0) is 16.7. The van der Waals surface area contributed by atoms with Gasteiger partial charge in [-0.3, -0.25) is 0 Å². The highest BCUT2D eigenvalue weighted by atomic mass is 16.5. The zero-order valence-corrected chi connectivity index (χ0v) is 14.1. The van der Waals surface area contributed by atoms with Crippen LogP contribution in [0.5, 0.6) is 5.75 Å². The number of aromatic nitrogens is 2. The van der Waals surface area contributed by atoms with Crippen LogP contribution < -0.4 is 4.74 Å². The van der Waals surface area contributed by atoms with Crippen molar-refractivity contribution in [1.82, 2.24) is 9.97 Å². The first kappa shape index (κ1) is 17.2. The molecule has 1 aromatic carbocycles. The Morgan fingerprint density at radius 2 is 2.00 bits per heavy atom. The van der Waals surface area contributed by atoms with E-state index < -0.39 is 0 Å². The van der Waals surface area contributed by atoms with E-state index in [1.54, 1.807) is 6.33 Å². The summed E-state index contributed by atoms with van der Waals surface area (Å²) in [6.07, 6.45) is 6.09. The number of H-pyrrole nitrogens is 1. The Labute approximate surface area is 137 Å². The molecule has 0 aliphatic carbocycles. The number of hydrogen-bond acceptors (Lipinski definition) is 4. The van der Waals surface area contributed by atoms with Crippen molar-refractivity contribution in [2.24, 2.45) is 10.6 Å². The molecule has 0 radical (unpaired) electrons. The van der Waals surface area contributed by atoms with E-state index in [1.165, 1.54) is 0 Å². The van der Waals surface area contributed by atoms with E-state index in [0.717, 1.165) is 36.3 Å². The minimum atomic E-state index is -0.301. The van der Waals surface area contributed by atoms with Crippen LogP contribution in [-0.2, 0) is 6.42 Å². The lowest BCUT2D eigenvalue weighted by molar-refractivity contribution is 0.310. The third-order valence-corrected chi connectivity index (χ3v) is 3.61. The largest absolute Gasteiger partial charge is 0.494 e. The van der Waals surface area contributed by atoms with Crippen LogP contribution in [0.2, 0.25) is 0 Å². The molecule has 0 saturated carbocycles. The predicted molar refractivity (Wildman–Crippen MR) is 91.5 cm³/mol. The minimum absolute atomic E-state index is 0.0699. The summed E-state index contributed by atoms with van der Waals surface area (Å²) in [5.74, 6) is 0.818. The normalized spacial score (nSPS) is 12.8. The maximum absolute atomic E-state index is 11.1. The quantitative estimate of drug-likeness (QED) is 0.569. The molecule has 1 aromatic heterocycles. The fourth-order valence-corrected chi connectivity index (χ4v) is 2.46. The maximum Gasteiger partial charge on any atom is 0.119 e. The van der Waals surface area contributed by atoms with Crippen molar-refractivity contribution >= 4 is 0 Å². The number of nitroso groups, excluding NO2 is 1. The van der Waals surface area contributed by atoms with E-state index in [2.05, 4.69) is 35.9 Å². The summed E-state index contributed by atoms with van der Waals surface area (Å²) >= 11 is 0. The summed E-state index contributed by atoms with van der Waals surface area (Å²) in [7, 11) is 0. The zero-order valence-electron chi connectivity index (χ0n) is 14.1. The maximum atomic E-state index is 11.1. The van der Waals surface area contributed by atoms with Crippen LogP contribution in [0.3, 0.4) is 0 Å². The molecule has 0 fully saturated rings. The molecule has 124 valence electrons. The molecule has 0 bridgehead atoms. The molecule has 2 rings (SSSR count). The first-order valence-corrected chi connectivity index (χ1v) is 8.00. The molecule has 5 heteroatoms. The van der Waals surface area contributed by atoms with Gasteiger partial charge in [-0.05, 0) is 42.4 Å². The molecule has 1 unspecified atom stereocenters. The topological polar surface area (TPSA) is 67.3 Å². The molecule has 0 amide bonds. The van der Waals surface area contributed by atoms with Gasteiger partial charge in [-0.1, -0.05) is 38.1 Å². The molecule has 0 saturated heterocycles. The van der Waals surface area contributed by atoms with Crippen molar-refractivity contribution in [1.29, 1.82) is 0 Å². The number of ether oxygens (including phenoxy) is 1. The molecule has 0 aliphatic rings. The lowest BCUT2D eigenvalue weighted by Gasteiger charge is -2.21. The van der Waals surface area contributed by atoms with Crippen molar-refractivity contribution in [2.75, 3.05) is 6.61 Å². The van der Waals surface area contributed by atoms with Crippen molar-refractivity contribution in [3.05, 3.63) is 53.0 Å². The fraction of sp³-hybridized carbons (Fsp3) is 0.500. The van der Waals surface area contributed by atoms with Gasteiger partial charge in [0.15, 0.2) is 0 Å². The molecule has 2 aromatic rings. The first-order chi connectivity index (χ1) is 11.0. The van der Waals surface area contributed by atoms with Crippen molar-refractivity contribution in [2.45, 2.75) is 46.1 Å². The van der Waals surface area contributed by atoms with Gasteiger partial charge in [0, 0.05) is 11.9 Å². The average molecular weight is 315 g/mol. The van der Waals surface area contributed by atoms with Crippen LogP contribution in [0.1, 0.15) is 50.9 Å². The Morgan fingerprint density at radius 3 is 2.57 bits per heavy atom. The molecule has 1 atom stereocenters. The summed E-state index contributed by atoms with van der Waals surface area (Å²) in [5.41, 5.74) is 2.13. The highest BCUT2D eigenvalue weighted by Crippen LogP contribution is 2.32. The number of nitrogens with zero attached hydrogens (tertiary/aromatic N) is 2. The Bertz CT molecular complexity index is 586. The minimum Gasteiger partial charge on any atom is -0.494 e. The second kappa shape index (κ2) is 7.90. The van der Waals surface area contributed by atoms with E-state index in [-0.39, 0.29) is 11.5 Å². The molecule has 0 aliphatic heterocycles. The van der Waals surface area contributed by atoms with Crippen LogP contribution in [0.15, 0.2) is 42.0 Å². The molecule has 1 N–H and O–H groups in total. The SMILES string of the molecule is CC(C)(C)CC(N=O)c1ccc(OCCCc2cnc[nH]2)cc1. The van der Waals surface area contributed by atoms with Crippen molar-refractivity contribution in [3.8, 4) is 5.75 Å². The van der Waals surface area contributed by atoms with Crippen LogP contribution in [0.4, 0.5) is 0 Å². The summed E-state index contributed by atoms with van der Waals surface area (Å²) in [6, 6.07) is 7.38. The van der Waals surface area contributed by atoms with Gasteiger partial charge < -0.3 is 9.72 Å². The Morgan fingerprint density at radius 1 is 1.26 bits per heavy atom. The summed E-state index contributed by atoms with van der Waals surface area (Å²) in [4.78, 5) is 18.2. The average Bonchev–Trinajstić information content (AvgIpc) is 3.02. The van der Waals surface area contributed by atoms with Crippen LogP contribution in [-0.4, -0.2) is 16.6 Å². The van der Waals surface area contributed by atoms with E-state index in [1.807, 2.05) is 30.5 Å². The van der Waals surface area contributed by atoms with Gasteiger partial charge in [0.2, 0.25) is 0 Å². The highest BCUT2D eigenvalue weighted by molar-refractivity contribution is 5.29. The number of benzene rings is 1. The van der Waals surface area contributed by atoms with E-state index in [0.29, 0.717) is 6.61 Å². The monoisotopic (exact) mass is 315 g/mol. The van der Waals surface area contributed by atoms with Gasteiger partial charge in [-0.25, -0.2) is 4.98 Å². The number of rotatable bonds is 8. The van der Waals surface area contributed by atoms with E-state index >= 15 is 0 Å². The summed E-state index contributed by atoms with van der Waals surface area (Å²) in [5, 5.41) is 3.28. The van der Waals surface area contributed by atoms with Crippen molar-refractivity contribution < 1.29 is 4.74 Å². The second-order valence-electron chi connectivity index (χ2n) is 6.98. The number of hydrogen-bond donors (Lipinski definition) is 1. The molecule has 0 spiro atoms. The lowest BCUT2D eigenvalue weighted by atomic mass is 9.86. The van der Waals surface area contributed by atoms with Crippen LogP contribution >= 0.6 is 0 Å². The number of imidazole rings is 1. The van der Waals surface area contributed by atoms with Gasteiger partial charge >= 0.3 is 0 Å². The molecule has 23 heavy (non-hydrogen) atoms. The number of aryl methyl sites for hydroxylation is 1. The molecule has 5 nitrogen and oxygen atoms in total. The first-order valence-electron chi connectivity index (χ1n) is 8.00. The van der Waals surface area contributed by atoms with Crippen LogP contribution in [0, 0.1) is 10.3 Å². The second-order valence-corrected chi connectivity index (χ2v) is 6.98. The summed E-state index contributed by atoms with van der Waals surface area (Å²) in [6.45, 7) is 6.99. The van der Waals surface area contributed by atoms with E-state index in [4.69, 9.17) is 4.74 Å². The fourth-order valence-electron chi connectivity index (χ4n) is 2.46. The van der Waals surface area contributed by atoms with Gasteiger partial charge in [0.1, 0.15) is 11.8 Å². The molecule has 1 heterocycles. The number of aromatic amines is 1. The Hall–Kier alpha value is -2.17.